The molecule has 3 unspecified atom stereocenters. The van der Waals surface area contributed by atoms with E-state index >= 15 is 0 Å². The zero-order valence-corrected chi connectivity index (χ0v) is 28.4. The second-order valence-corrected chi connectivity index (χ2v) is 14.5. The van der Waals surface area contributed by atoms with E-state index in [1.54, 1.807) is 7.11 Å². The summed E-state index contributed by atoms with van der Waals surface area (Å²) in [6.45, 7) is 7.36. The van der Waals surface area contributed by atoms with Gasteiger partial charge in [-0.05, 0) is 31.9 Å². The minimum absolute atomic E-state index is 0.0169. The molecule has 1 aliphatic carbocycles. The highest BCUT2D eigenvalue weighted by atomic mass is 32.2. The largest absolute Gasteiger partial charge is 0.508 e. The maximum atomic E-state index is 13.5. The molecule has 4 bridgehead atoms. The number of cyclic esters (lactones) is 1. The van der Waals surface area contributed by atoms with Crippen molar-refractivity contribution in [3.63, 3.8) is 0 Å². The number of aliphatic hydroxyl groups is 1. The molecule has 0 saturated carbocycles. The van der Waals surface area contributed by atoms with Crippen molar-refractivity contribution >= 4 is 29.6 Å². The third kappa shape index (κ3) is 4.61. The number of aliphatic hydroxyl groups excluding tert-OH is 1. The quantitative estimate of drug-likeness (QED) is 0.358. The zero-order valence-electron chi connectivity index (χ0n) is 27.6. The van der Waals surface area contributed by atoms with Crippen LogP contribution >= 0.6 is 11.8 Å². The number of likely N-dealkylation sites (N-methyl/N-ethyl adjacent to an activating group) is 1. The van der Waals surface area contributed by atoms with Gasteiger partial charge in [-0.1, -0.05) is 13.0 Å². The minimum atomic E-state index is -0.903. The van der Waals surface area contributed by atoms with E-state index in [4.69, 9.17) is 28.4 Å². The van der Waals surface area contributed by atoms with Crippen LogP contribution < -0.4 is 24.3 Å². The van der Waals surface area contributed by atoms with Crippen LogP contribution in [0.15, 0.2) is 23.2 Å². The first-order valence-electron chi connectivity index (χ1n) is 15.8. The van der Waals surface area contributed by atoms with Gasteiger partial charge in [0.05, 0.1) is 30.9 Å². The van der Waals surface area contributed by atoms with Gasteiger partial charge in [0.15, 0.2) is 17.3 Å². The Bertz CT molecular complexity index is 1610. The first-order valence-corrected chi connectivity index (χ1v) is 16.9. The number of allylic oxidation sites excluding steroid dienone is 2. The van der Waals surface area contributed by atoms with Crippen LogP contribution in [-0.2, 0) is 23.9 Å². The number of ether oxygens (including phenoxy) is 6. The molecule has 0 radical (unpaired) electrons. The van der Waals surface area contributed by atoms with E-state index in [0.717, 1.165) is 17.6 Å². The molecule has 9 atom stereocenters. The van der Waals surface area contributed by atoms with E-state index in [2.05, 4.69) is 35.2 Å². The van der Waals surface area contributed by atoms with Crippen molar-refractivity contribution in [1.82, 2.24) is 15.1 Å². The van der Waals surface area contributed by atoms with Gasteiger partial charge in [-0.3, -0.25) is 19.4 Å². The number of hydrogen-bond donors (Lipinski definition) is 2. The van der Waals surface area contributed by atoms with E-state index in [9.17, 15) is 19.5 Å². The highest BCUT2D eigenvalue weighted by Crippen LogP contribution is 2.66. The highest BCUT2D eigenvalue weighted by molar-refractivity contribution is 7.99. The maximum absolute atomic E-state index is 13.5. The standard InChI is InChI=1S/C33H41N3O10S/c1-14-8-17-9-18-10-35(5)30(33(17,4)31(39)24(14)41-6)23-29-22-21(25-28(45-13-44-25)27(42-7)26(22)46-16(3)38)20(36(18)23)11-43-32(40)19(12-47-29)34-15(2)37/h8,17-20,23,29-30,39H,9-13H2,1-7H3,(H,34,37)/t17-,18?,19-,20-,23-,29+,30-,33?/m0/s1. The molecule has 47 heavy (non-hydrogen) atoms. The number of nitrogens with zero attached hydrogens (tertiary/aromatic N) is 2. The fourth-order valence-electron chi connectivity index (χ4n) is 9.09. The smallest absolute Gasteiger partial charge is 0.329 e. The maximum Gasteiger partial charge on any atom is 0.329 e. The molecule has 13 nitrogen and oxygen atoms in total. The third-order valence-electron chi connectivity index (χ3n) is 10.7. The van der Waals surface area contributed by atoms with Gasteiger partial charge in [0.1, 0.15) is 18.4 Å². The van der Waals surface area contributed by atoms with Crippen LogP contribution in [-0.4, -0.2) is 104 Å². The van der Waals surface area contributed by atoms with Crippen LogP contribution in [0.5, 0.6) is 23.0 Å². The molecule has 1 aromatic rings. The summed E-state index contributed by atoms with van der Waals surface area (Å²) in [5.74, 6) is 0.676. The summed E-state index contributed by atoms with van der Waals surface area (Å²) in [6.07, 6.45) is 2.94. The van der Waals surface area contributed by atoms with Crippen molar-refractivity contribution in [2.45, 2.75) is 69.6 Å². The van der Waals surface area contributed by atoms with E-state index in [1.165, 1.54) is 32.7 Å². The first-order chi connectivity index (χ1) is 22.4. The Morgan fingerprint density at radius 2 is 1.85 bits per heavy atom. The van der Waals surface area contributed by atoms with E-state index in [1.807, 2.05) is 6.92 Å². The molecule has 14 heteroatoms. The molecule has 8 rings (SSSR count). The molecular formula is C33H41N3O10S. The molecule has 2 N–H and O–H groups in total. The Labute approximate surface area is 277 Å². The normalized spacial score (nSPS) is 35.5. The summed E-state index contributed by atoms with van der Waals surface area (Å²) >= 11 is 1.47. The average molecular weight is 672 g/mol. The summed E-state index contributed by atoms with van der Waals surface area (Å²) in [5.41, 5.74) is 1.53. The van der Waals surface area contributed by atoms with Gasteiger partial charge in [0.2, 0.25) is 24.2 Å². The Morgan fingerprint density at radius 1 is 1.11 bits per heavy atom. The summed E-state index contributed by atoms with van der Waals surface area (Å²) in [6, 6.07) is -2.02. The van der Waals surface area contributed by atoms with Gasteiger partial charge >= 0.3 is 11.9 Å². The molecule has 1 amide bonds. The van der Waals surface area contributed by atoms with Gasteiger partial charge in [-0.15, -0.1) is 11.8 Å². The van der Waals surface area contributed by atoms with Crippen LogP contribution in [0.4, 0.5) is 0 Å². The lowest BCUT2D eigenvalue weighted by Crippen LogP contribution is -2.69. The van der Waals surface area contributed by atoms with Gasteiger partial charge < -0.3 is 38.8 Å². The van der Waals surface area contributed by atoms with Crippen molar-refractivity contribution < 1.29 is 47.9 Å². The fourth-order valence-corrected chi connectivity index (χ4v) is 10.6. The molecule has 254 valence electrons. The lowest BCUT2D eigenvalue weighted by atomic mass is 9.63. The molecular weight excluding hydrogens is 630 g/mol. The van der Waals surface area contributed by atoms with Crippen molar-refractivity contribution in [2.75, 3.05) is 47.0 Å². The summed E-state index contributed by atoms with van der Waals surface area (Å²) in [5, 5.41) is 14.4. The van der Waals surface area contributed by atoms with Crippen molar-refractivity contribution in [3.05, 3.63) is 34.3 Å². The number of nitrogens with one attached hydrogen (secondary N) is 1. The number of amides is 1. The van der Waals surface area contributed by atoms with Crippen LogP contribution in [0.1, 0.15) is 56.5 Å². The zero-order chi connectivity index (χ0) is 33.5. The Hall–Kier alpha value is -3.62. The fraction of sp³-hybridized carbons (Fsp3) is 0.606. The van der Waals surface area contributed by atoms with Crippen LogP contribution in [0, 0.1) is 11.3 Å². The van der Waals surface area contributed by atoms with E-state index in [0.29, 0.717) is 29.4 Å². The summed E-state index contributed by atoms with van der Waals surface area (Å²) in [7, 11) is 5.14. The lowest BCUT2D eigenvalue weighted by Gasteiger charge is -2.60. The average Bonchev–Trinajstić information content (AvgIpc) is 3.42. The number of esters is 2. The molecule has 6 aliphatic heterocycles. The number of piperazine rings is 1. The number of carbonyl (C=O) groups is 3. The van der Waals surface area contributed by atoms with Gasteiger partial charge in [0.25, 0.3) is 0 Å². The number of rotatable bonds is 4. The summed E-state index contributed by atoms with van der Waals surface area (Å²) in [4.78, 5) is 43.1. The SMILES string of the molecule is COC1=C(O)C2(C)[C@@H]3[C@@H]4[C@@H]5SC[C@H](NC(C)=O)C(=O)OC[C@@H](c6c7c(c(OC)c(OC(C)=O)c65)OCO7)N4C(C[C@@H]2C=C1C)CN3C. The predicted molar refractivity (Wildman–Crippen MR) is 169 cm³/mol. The monoisotopic (exact) mass is 671 g/mol. The molecule has 0 spiro atoms. The van der Waals surface area contributed by atoms with Gasteiger partial charge in [-0.25, -0.2) is 4.79 Å². The number of benzene rings is 1. The van der Waals surface area contributed by atoms with Crippen molar-refractivity contribution in [3.8, 4) is 23.0 Å². The Balaban J connectivity index is 1.52. The van der Waals surface area contributed by atoms with Gasteiger partial charge in [-0.2, -0.15) is 0 Å². The number of methoxy groups -OCH3 is 2. The van der Waals surface area contributed by atoms with Crippen molar-refractivity contribution in [2.24, 2.45) is 11.3 Å². The molecule has 1 aromatic carbocycles. The van der Waals surface area contributed by atoms with Crippen LogP contribution in [0.3, 0.4) is 0 Å². The lowest BCUT2D eigenvalue weighted by molar-refractivity contribution is -0.152. The highest BCUT2D eigenvalue weighted by Gasteiger charge is 2.65. The third-order valence-corrected chi connectivity index (χ3v) is 12.1. The Kier molecular flexibility index (Phi) is 7.83. The number of carbonyl (C=O) groups excluding carboxylic acids is 3. The number of hydrogen-bond acceptors (Lipinski definition) is 13. The van der Waals surface area contributed by atoms with Crippen LogP contribution in [0.2, 0.25) is 0 Å². The minimum Gasteiger partial charge on any atom is -0.508 e. The first kappa shape index (κ1) is 32.0. The van der Waals surface area contributed by atoms with E-state index in [-0.39, 0.29) is 66.4 Å². The Morgan fingerprint density at radius 3 is 2.53 bits per heavy atom. The summed E-state index contributed by atoms with van der Waals surface area (Å²) < 4.78 is 35.8. The second-order valence-electron chi connectivity index (χ2n) is 13.3. The second kappa shape index (κ2) is 11.5. The van der Waals surface area contributed by atoms with Crippen LogP contribution in [0.25, 0.3) is 0 Å². The number of thioether (sulfide) groups is 1. The predicted octanol–water partition coefficient (Wildman–Crippen LogP) is 3.00. The molecule has 4 fully saturated rings. The van der Waals surface area contributed by atoms with Crippen molar-refractivity contribution in [1.29, 1.82) is 0 Å². The molecule has 4 saturated heterocycles. The molecule has 6 heterocycles. The van der Waals surface area contributed by atoms with E-state index < -0.39 is 34.7 Å². The topological polar surface area (TPSA) is 145 Å². The molecule has 0 aromatic heterocycles. The molecule has 7 aliphatic rings. The van der Waals surface area contributed by atoms with Gasteiger partial charge in [0, 0.05) is 55.4 Å². The number of fused-ring (bicyclic) bond motifs is 6.